The third-order valence-corrected chi connectivity index (χ3v) is 4.94. The molecule has 10 nitrogen and oxygen atoms in total. The smallest absolute Gasteiger partial charge is 0.228 e. The van der Waals surface area contributed by atoms with Crippen molar-refractivity contribution in [2.75, 3.05) is 48.6 Å². The third kappa shape index (κ3) is 12.0. The van der Waals surface area contributed by atoms with Crippen LogP contribution in [0.5, 0.6) is 0 Å². The van der Waals surface area contributed by atoms with Gasteiger partial charge in [0.05, 0.1) is 0 Å². The molecule has 0 aromatic carbocycles. The normalized spacial score (nSPS) is 10.9. The molecule has 10 heteroatoms. The van der Waals surface area contributed by atoms with Gasteiger partial charge in [-0.25, -0.2) is 15.0 Å². The van der Waals surface area contributed by atoms with Crippen LogP contribution in [0.2, 0.25) is 0 Å². The SMILES string of the molecule is C.CNc1cc(N(C)C(=O)CC(C)(C)C)nc(C)n1.CNc1nc(C)cc(N(C)C(=O)CC(C)(C)C)n1. The molecular weight excluding hydrogens is 468 g/mol. The molecule has 2 N–H and O–H groups in total. The van der Waals surface area contributed by atoms with Crippen LogP contribution in [0.4, 0.5) is 23.4 Å². The Hall–Kier alpha value is -3.30. The lowest BCUT2D eigenvalue weighted by atomic mass is 9.92. The van der Waals surface area contributed by atoms with E-state index < -0.39 is 0 Å². The summed E-state index contributed by atoms with van der Waals surface area (Å²) in [5.41, 5.74) is 0.776. The summed E-state index contributed by atoms with van der Waals surface area (Å²) in [4.78, 5) is 44.4. The minimum absolute atomic E-state index is 0. The van der Waals surface area contributed by atoms with Crippen molar-refractivity contribution in [3.63, 3.8) is 0 Å². The van der Waals surface area contributed by atoms with Crippen LogP contribution < -0.4 is 20.4 Å². The van der Waals surface area contributed by atoms with Gasteiger partial charge in [-0.15, -0.1) is 0 Å². The number of rotatable bonds is 6. The van der Waals surface area contributed by atoms with Gasteiger partial charge in [0, 0.05) is 58.9 Å². The van der Waals surface area contributed by atoms with Gasteiger partial charge in [-0.05, 0) is 24.7 Å². The predicted octanol–water partition coefficient (Wildman–Crippen LogP) is 5.09. The molecule has 0 atom stereocenters. The number of nitrogens with zero attached hydrogens (tertiary/aromatic N) is 6. The summed E-state index contributed by atoms with van der Waals surface area (Å²) in [6, 6.07) is 3.58. The quantitative estimate of drug-likeness (QED) is 0.545. The van der Waals surface area contributed by atoms with E-state index in [-0.39, 0.29) is 30.1 Å². The van der Waals surface area contributed by atoms with E-state index in [1.54, 1.807) is 50.1 Å². The first-order chi connectivity index (χ1) is 16.5. The molecule has 2 amide bonds. The van der Waals surface area contributed by atoms with Crippen molar-refractivity contribution in [1.29, 1.82) is 0 Å². The van der Waals surface area contributed by atoms with Gasteiger partial charge in [-0.3, -0.25) is 19.4 Å². The van der Waals surface area contributed by atoms with Gasteiger partial charge in [0.1, 0.15) is 23.3 Å². The summed E-state index contributed by atoms with van der Waals surface area (Å²) in [6.45, 7) is 16.0. The number of aryl methyl sites for hydroxylation is 2. The standard InChI is InChI=1S/2C13H22N4O.CH4/c1-9-15-10(14-5)7-11(16-9)17(6)12(18)8-13(2,3)4;1-9-7-10(16-12(14-5)15-9)17(6)11(18)8-13(2,3)4;/h2*7H,8H2,1-6H3,(H,14,15,16);1H4. The van der Waals surface area contributed by atoms with Gasteiger partial charge < -0.3 is 10.6 Å². The number of carbonyl (C=O) groups is 2. The molecule has 0 spiro atoms. The molecule has 0 fully saturated rings. The lowest BCUT2D eigenvalue weighted by Gasteiger charge is -2.23. The Morgan fingerprint density at radius 3 is 1.62 bits per heavy atom. The number of amides is 2. The summed E-state index contributed by atoms with van der Waals surface area (Å²) in [5.74, 6) is 3.26. The Morgan fingerprint density at radius 1 is 0.757 bits per heavy atom. The monoisotopic (exact) mass is 516 g/mol. The van der Waals surface area contributed by atoms with Gasteiger partial charge in [0.2, 0.25) is 17.8 Å². The maximum absolute atomic E-state index is 12.1. The number of carbonyl (C=O) groups excluding carboxylic acids is 2. The van der Waals surface area contributed by atoms with E-state index >= 15 is 0 Å². The van der Waals surface area contributed by atoms with Crippen molar-refractivity contribution in [2.45, 2.75) is 75.7 Å². The van der Waals surface area contributed by atoms with Crippen LogP contribution in [0.3, 0.4) is 0 Å². The number of hydrogen-bond donors (Lipinski definition) is 2. The number of aromatic nitrogens is 4. The molecule has 0 radical (unpaired) electrons. The number of nitrogens with one attached hydrogen (secondary N) is 2. The van der Waals surface area contributed by atoms with E-state index in [9.17, 15) is 9.59 Å². The summed E-state index contributed by atoms with van der Waals surface area (Å²) < 4.78 is 0. The van der Waals surface area contributed by atoms with Crippen molar-refractivity contribution in [3.05, 3.63) is 23.7 Å². The van der Waals surface area contributed by atoms with Crippen LogP contribution in [0, 0.1) is 24.7 Å². The molecule has 2 aromatic heterocycles. The second kappa shape index (κ2) is 13.9. The Balaban J connectivity index is 0.000000682. The number of hydrogen-bond acceptors (Lipinski definition) is 8. The van der Waals surface area contributed by atoms with Crippen LogP contribution in [-0.2, 0) is 9.59 Å². The van der Waals surface area contributed by atoms with Crippen LogP contribution in [0.25, 0.3) is 0 Å². The van der Waals surface area contributed by atoms with Crippen molar-refractivity contribution < 1.29 is 9.59 Å². The van der Waals surface area contributed by atoms with E-state index in [4.69, 9.17) is 0 Å². The maximum atomic E-state index is 12.1. The molecule has 208 valence electrons. The molecule has 2 rings (SSSR count). The second-order valence-electron chi connectivity index (χ2n) is 11.2. The third-order valence-electron chi connectivity index (χ3n) is 4.94. The fraction of sp³-hybridized carbons (Fsp3) is 0.630. The Bertz CT molecular complexity index is 958. The van der Waals surface area contributed by atoms with E-state index in [2.05, 4.69) is 30.6 Å². The first-order valence-corrected chi connectivity index (χ1v) is 12.1. The molecule has 2 heterocycles. The Labute approximate surface area is 223 Å². The molecule has 0 saturated carbocycles. The Morgan fingerprint density at radius 2 is 1.22 bits per heavy atom. The predicted molar refractivity (Wildman–Crippen MR) is 154 cm³/mol. The van der Waals surface area contributed by atoms with Crippen LogP contribution >= 0.6 is 0 Å². The average molecular weight is 517 g/mol. The first kappa shape index (κ1) is 33.7. The van der Waals surface area contributed by atoms with Crippen molar-refractivity contribution in [2.24, 2.45) is 10.8 Å². The number of anilines is 4. The maximum Gasteiger partial charge on any atom is 0.228 e. The summed E-state index contributed by atoms with van der Waals surface area (Å²) in [6.07, 6.45) is 0.975. The topological polar surface area (TPSA) is 116 Å². The van der Waals surface area contributed by atoms with E-state index in [0.29, 0.717) is 42.1 Å². The van der Waals surface area contributed by atoms with E-state index in [1.165, 1.54) is 0 Å². The lowest BCUT2D eigenvalue weighted by Crippen LogP contribution is -2.30. The molecule has 0 bridgehead atoms. The van der Waals surface area contributed by atoms with Crippen LogP contribution in [0.1, 0.15) is 73.3 Å². The van der Waals surface area contributed by atoms with Gasteiger partial charge >= 0.3 is 0 Å². The van der Waals surface area contributed by atoms with Crippen LogP contribution in [0.15, 0.2) is 12.1 Å². The highest BCUT2D eigenvalue weighted by molar-refractivity contribution is 5.93. The van der Waals surface area contributed by atoms with Crippen molar-refractivity contribution in [1.82, 2.24) is 19.9 Å². The van der Waals surface area contributed by atoms with Gasteiger partial charge in [0.15, 0.2) is 0 Å². The van der Waals surface area contributed by atoms with Gasteiger partial charge in [0.25, 0.3) is 0 Å². The van der Waals surface area contributed by atoms with E-state index in [0.717, 1.165) is 5.69 Å². The molecule has 0 aliphatic carbocycles. The highest BCUT2D eigenvalue weighted by atomic mass is 16.2. The largest absolute Gasteiger partial charge is 0.373 e. The fourth-order valence-electron chi connectivity index (χ4n) is 3.09. The summed E-state index contributed by atoms with van der Waals surface area (Å²) in [5, 5.41) is 5.85. The minimum Gasteiger partial charge on any atom is -0.373 e. The van der Waals surface area contributed by atoms with Gasteiger partial charge in [-0.1, -0.05) is 49.0 Å². The molecular formula is C27H48N8O2. The molecule has 37 heavy (non-hydrogen) atoms. The fourth-order valence-corrected chi connectivity index (χ4v) is 3.09. The zero-order valence-electron chi connectivity index (χ0n) is 24.1. The molecule has 0 unspecified atom stereocenters. The lowest BCUT2D eigenvalue weighted by molar-refractivity contribution is -0.120. The zero-order valence-corrected chi connectivity index (χ0v) is 24.1. The van der Waals surface area contributed by atoms with Crippen molar-refractivity contribution >= 4 is 35.2 Å². The zero-order chi connectivity index (χ0) is 27.8. The van der Waals surface area contributed by atoms with Crippen molar-refractivity contribution in [3.8, 4) is 0 Å². The van der Waals surface area contributed by atoms with Gasteiger partial charge in [-0.2, -0.15) is 4.98 Å². The average Bonchev–Trinajstić information content (AvgIpc) is 2.75. The van der Waals surface area contributed by atoms with E-state index in [1.807, 2.05) is 55.4 Å². The first-order valence-electron chi connectivity index (χ1n) is 12.1. The second-order valence-corrected chi connectivity index (χ2v) is 11.2. The van der Waals surface area contributed by atoms with Crippen LogP contribution in [-0.4, -0.2) is 59.9 Å². The minimum atomic E-state index is -0.0285. The summed E-state index contributed by atoms with van der Waals surface area (Å²) in [7, 11) is 7.04. The molecule has 0 saturated heterocycles. The summed E-state index contributed by atoms with van der Waals surface area (Å²) >= 11 is 0. The highest BCUT2D eigenvalue weighted by Crippen LogP contribution is 2.23. The molecule has 0 aliphatic rings. The highest BCUT2D eigenvalue weighted by Gasteiger charge is 2.22. The molecule has 2 aromatic rings. The Kier molecular flexibility index (Phi) is 12.6. The molecule has 0 aliphatic heterocycles.